The van der Waals surface area contributed by atoms with Crippen molar-refractivity contribution in [3.8, 4) is 11.5 Å². The van der Waals surface area contributed by atoms with Crippen molar-refractivity contribution in [2.45, 2.75) is 26.3 Å². The van der Waals surface area contributed by atoms with Gasteiger partial charge in [0, 0.05) is 11.1 Å². The van der Waals surface area contributed by atoms with E-state index in [1.54, 1.807) is 6.20 Å². The number of benzene rings is 1. The Balaban J connectivity index is 2.12. The Labute approximate surface area is 124 Å². The number of pyridine rings is 1. The van der Waals surface area contributed by atoms with Gasteiger partial charge in [-0.3, -0.25) is 4.98 Å². The minimum absolute atomic E-state index is 0.279. The van der Waals surface area contributed by atoms with Crippen LogP contribution in [0, 0.1) is 6.92 Å². The van der Waals surface area contributed by atoms with Gasteiger partial charge in [0.05, 0.1) is 11.9 Å². The van der Waals surface area contributed by atoms with Gasteiger partial charge < -0.3 is 10.1 Å². The van der Waals surface area contributed by atoms with Crippen molar-refractivity contribution in [3.05, 3.63) is 52.8 Å². The van der Waals surface area contributed by atoms with Crippen LogP contribution < -0.4 is 10.1 Å². The van der Waals surface area contributed by atoms with E-state index in [9.17, 15) is 0 Å². The highest BCUT2D eigenvalue weighted by Crippen LogP contribution is 2.26. The first-order chi connectivity index (χ1) is 9.63. The van der Waals surface area contributed by atoms with E-state index in [2.05, 4.69) is 17.2 Å². The molecule has 4 heteroatoms. The Kier molecular flexibility index (Phi) is 4.99. The van der Waals surface area contributed by atoms with Crippen LogP contribution in [-0.4, -0.2) is 12.0 Å². The minimum Gasteiger partial charge on any atom is -0.456 e. The quantitative estimate of drug-likeness (QED) is 0.880. The Morgan fingerprint density at radius 2 is 2.00 bits per heavy atom. The van der Waals surface area contributed by atoms with Crippen LogP contribution in [0.15, 0.2) is 36.5 Å². The van der Waals surface area contributed by atoms with Gasteiger partial charge in [-0.25, -0.2) is 0 Å². The molecule has 0 amide bonds. The third-order valence-electron chi connectivity index (χ3n) is 3.24. The van der Waals surface area contributed by atoms with Gasteiger partial charge in [-0.15, -0.1) is 0 Å². The summed E-state index contributed by atoms with van der Waals surface area (Å²) in [5.74, 6) is 1.49. The van der Waals surface area contributed by atoms with Gasteiger partial charge in [-0.05, 0) is 56.3 Å². The predicted molar refractivity (Wildman–Crippen MR) is 82.6 cm³/mol. The molecule has 3 nitrogen and oxygen atoms in total. The number of nitrogens with zero attached hydrogens (tertiary/aromatic N) is 1. The molecular formula is C16H19ClN2O. The number of aryl methyl sites for hydroxylation is 1. The SMILES string of the molecule is CCC(NC)c1ccc(Oc2ccc(Cl)c(C)c2)cn1. The van der Waals surface area contributed by atoms with Crippen LogP contribution in [0.4, 0.5) is 0 Å². The van der Waals surface area contributed by atoms with E-state index in [0.717, 1.165) is 34.2 Å². The van der Waals surface area contributed by atoms with Crippen LogP contribution in [0.1, 0.15) is 30.6 Å². The molecule has 0 saturated heterocycles. The number of ether oxygens (including phenoxy) is 1. The second-order valence-corrected chi connectivity index (χ2v) is 5.09. The molecule has 1 atom stereocenters. The van der Waals surface area contributed by atoms with E-state index in [-0.39, 0.29) is 6.04 Å². The fraction of sp³-hybridized carbons (Fsp3) is 0.312. The lowest BCUT2D eigenvalue weighted by Gasteiger charge is -2.13. The van der Waals surface area contributed by atoms with Crippen LogP contribution >= 0.6 is 11.6 Å². The average molecular weight is 291 g/mol. The smallest absolute Gasteiger partial charge is 0.145 e. The Hall–Kier alpha value is -1.58. The highest BCUT2D eigenvalue weighted by atomic mass is 35.5. The normalized spacial score (nSPS) is 12.2. The van der Waals surface area contributed by atoms with Crippen LogP contribution in [0.25, 0.3) is 0 Å². The molecule has 2 rings (SSSR count). The number of nitrogens with one attached hydrogen (secondary N) is 1. The number of aromatic nitrogens is 1. The molecule has 1 unspecified atom stereocenters. The Morgan fingerprint density at radius 1 is 1.25 bits per heavy atom. The first kappa shape index (κ1) is 14.8. The van der Waals surface area contributed by atoms with Gasteiger partial charge in [0.15, 0.2) is 0 Å². The summed E-state index contributed by atoms with van der Waals surface area (Å²) in [6.07, 6.45) is 2.75. The summed E-state index contributed by atoms with van der Waals surface area (Å²) < 4.78 is 5.77. The molecule has 0 fully saturated rings. The van der Waals surface area contributed by atoms with Crippen LogP contribution in [-0.2, 0) is 0 Å². The third kappa shape index (κ3) is 3.50. The molecule has 0 saturated carbocycles. The zero-order chi connectivity index (χ0) is 14.5. The topological polar surface area (TPSA) is 34.1 Å². The van der Waals surface area contributed by atoms with Crippen molar-refractivity contribution in [2.24, 2.45) is 0 Å². The van der Waals surface area contributed by atoms with Crippen LogP contribution in [0.5, 0.6) is 11.5 Å². The maximum atomic E-state index is 6.00. The molecule has 2 aromatic rings. The van der Waals surface area contributed by atoms with E-state index < -0.39 is 0 Å². The van der Waals surface area contributed by atoms with Gasteiger partial charge in [-0.2, -0.15) is 0 Å². The molecule has 1 N–H and O–H groups in total. The van der Waals surface area contributed by atoms with Crippen molar-refractivity contribution in [2.75, 3.05) is 7.05 Å². The lowest BCUT2D eigenvalue weighted by Crippen LogP contribution is -2.16. The van der Waals surface area contributed by atoms with E-state index in [1.165, 1.54) is 0 Å². The second-order valence-electron chi connectivity index (χ2n) is 4.68. The lowest BCUT2D eigenvalue weighted by molar-refractivity contribution is 0.477. The summed E-state index contributed by atoms with van der Waals surface area (Å²) in [6.45, 7) is 4.08. The summed E-state index contributed by atoms with van der Waals surface area (Å²) >= 11 is 6.00. The number of hydrogen-bond acceptors (Lipinski definition) is 3. The predicted octanol–water partition coefficient (Wildman–Crippen LogP) is 4.51. The molecule has 1 heterocycles. The highest BCUT2D eigenvalue weighted by Gasteiger charge is 2.08. The van der Waals surface area contributed by atoms with Crippen LogP contribution in [0.3, 0.4) is 0 Å². The largest absolute Gasteiger partial charge is 0.456 e. The second kappa shape index (κ2) is 6.73. The van der Waals surface area contributed by atoms with Crippen molar-refractivity contribution in [1.82, 2.24) is 10.3 Å². The fourth-order valence-corrected chi connectivity index (χ4v) is 2.15. The van der Waals surface area contributed by atoms with Gasteiger partial charge in [0.1, 0.15) is 11.5 Å². The number of hydrogen-bond donors (Lipinski definition) is 1. The molecule has 106 valence electrons. The maximum absolute atomic E-state index is 6.00. The van der Waals surface area contributed by atoms with Crippen molar-refractivity contribution in [1.29, 1.82) is 0 Å². The first-order valence-corrected chi connectivity index (χ1v) is 7.09. The summed E-state index contributed by atoms with van der Waals surface area (Å²) in [7, 11) is 1.94. The average Bonchev–Trinajstić information content (AvgIpc) is 2.46. The van der Waals surface area contributed by atoms with Gasteiger partial charge in [0.25, 0.3) is 0 Å². The lowest BCUT2D eigenvalue weighted by atomic mass is 10.1. The molecule has 0 aliphatic rings. The maximum Gasteiger partial charge on any atom is 0.145 e. The zero-order valence-electron chi connectivity index (χ0n) is 12.0. The van der Waals surface area contributed by atoms with Gasteiger partial charge in [-0.1, -0.05) is 18.5 Å². The summed E-state index contributed by atoms with van der Waals surface area (Å²) in [6, 6.07) is 9.81. The molecule has 0 aliphatic carbocycles. The minimum atomic E-state index is 0.279. The van der Waals surface area contributed by atoms with E-state index in [4.69, 9.17) is 16.3 Å². The molecule has 1 aromatic heterocycles. The van der Waals surface area contributed by atoms with E-state index in [1.807, 2.05) is 44.3 Å². The molecule has 0 bridgehead atoms. The van der Waals surface area contributed by atoms with E-state index in [0.29, 0.717) is 0 Å². The van der Waals surface area contributed by atoms with Crippen molar-refractivity contribution in [3.63, 3.8) is 0 Å². The monoisotopic (exact) mass is 290 g/mol. The molecule has 1 aromatic carbocycles. The summed E-state index contributed by atoms with van der Waals surface area (Å²) in [4.78, 5) is 4.44. The molecule has 0 aliphatic heterocycles. The highest BCUT2D eigenvalue weighted by molar-refractivity contribution is 6.31. The standard InChI is InChI=1S/C16H19ClN2O/c1-4-15(18-3)16-8-6-13(10-19-16)20-12-5-7-14(17)11(2)9-12/h5-10,15,18H,4H2,1-3H3. The van der Waals surface area contributed by atoms with Gasteiger partial charge in [0.2, 0.25) is 0 Å². The first-order valence-electron chi connectivity index (χ1n) is 6.71. The number of halogens is 1. The Morgan fingerprint density at radius 3 is 2.55 bits per heavy atom. The Bertz CT molecular complexity index is 565. The molecule has 0 spiro atoms. The van der Waals surface area contributed by atoms with E-state index >= 15 is 0 Å². The summed E-state index contributed by atoms with van der Waals surface area (Å²) in [5.41, 5.74) is 2.02. The zero-order valence-corrected chi connectivity index (χ0v) is 12.7. The van der Waals surface area contributed by atoms with Crippen molar-refractivity contribution >= 4 is 11.6 Å². The molecule has 20 heavy (non-hydrogen) atoms. The third-order valence-corrected chi connectivity index (χ3v) is 3.66. The van der Waals surface area contributed by atoms with Crippen molar-refractivity contribution < 1.29 is 4.74 Å². The van der Waals surface area contributed by atoms with Gasteiger partial charge >= 0.3 is 0 Å². The molecule has 0 radical (unpaired) electrons. The van der Waals surface area contributed by atoms with Crippen LogP contribution in [0.2, 0.25) is 5.02 Å². The fourth-order valence-electron chi connectivity index (χ4n) is 2.04. The number of rotatable bonds is 5. The summed E-state index contributed by atoms with van der Waals surface area (Å²) in [5, 5.41) is 3.97. The molecular weight excluding hydrogens is 272 g/mol.